The van der Waals surface area contributed by atoms with Gasteiger partial charge in [-0.25, -0.2) is 4.79 Å². The van der Waals surface area contributed by atoms with Crippen molar-refractivity contribution >= 4 is 23.3 Å². The summed E-state index contributed by atoms with van der Waals surface area (Å²) in [5.41, 5.74) is 1.85. The lowest BCUT2D eigenvalue weighted by molar-refractivity contribution is 0.0660. The Balaban J connectivity index is 2.09. The molecule has 1 aromatic carbocycles. The van der Waals surface area contributed by atoms with Gasteiger partial charge in [0.25, 0.3) is 0 Å². The van der Waals surface area contributed by atoms with Crippen molar-refractivity contribution in [1.82, 2.24) is 0 Å². The molecule has 0 unspecified atom stereocenters. The van der Waals surface area contributed by atoms with Crippen molar-refractivity contribution in [3.05, 3.63) is 52.4 Å². The number of furan rings is 1. The Kier molecular flexibility index (Phi) is 3.58. The van der Waals surface area contributed by atoms with Gasteiger partial charge in [0.1, 0.15) is 5.76 Å². The molecule has 1 heterocycles. The molecule has 0 spiro atoms. The van der Waals surface area contributed by atoms with Crippen LogP contribution in [0.3, 0.4) is 0 Å². The van der Waals surface area contributed by atoms with Crippen LogP contribution < -0.4 is 5.32 Å². The summed E-state index contributed by atoms with van der Waals surface area (Å²) in [5, 5.41) is 12.5. The van der Waals surface area contributed by atoms with E-state index in [1.54, 1.807) is 12.1 Å². The zero-order chi connectivity index (χ0) is 13.1. The minimum absolute atomic E-state index is 0.0670. The smallest absolute Gasteiger partial charge is 0.371 e. The highest BCUT2D eigenvalue weighted by molar-refractivity contribution is 6.33. The number of aryl methyl sites for hydroxylation is 1. The third-order valence-corrected chi connectivity index (χ3v) is 2.85. The number of nitrogens with one attached hydrogen (secondary N) is 1. The van der Waals surface area contributed by atoms with Crippen molar-refractivity contribution < 1.29 is 14.3 Å². The van der Waals surface area contributed by atoms with Crippen molar-refractivity contribution in [1.29, 1.82) is 0 Å². The lowest BCUT2D eigenvalue weighted by Crippen LogP contribution is -2.01. The summed E-state index contributed by atoms with van der Waals surface area (Å²) >= 11 is 6.06. The number of benzene rings is 1. The van der Waals surface area contributed by atoms with Crippen LogP contribution in [0.2, 0.25) is 5.02 Å². The van der Waals surface area contributed by atoms with Gasteiger partial charge >= 0.3 is 5.97 Å². The summed E-state index contributed by atoms with van der Waals surface area (Å²) in [6.45, 7) is 2.33. The highest BCUT2D eigenvalue weighted by Crippen LogP contribution is 2.25. The fourth-order valence-electron chi connectivity index (χ4n) is 1.62. The monoisotopic (exact) mass is 265 g/mol. The van der Waals surface area contributed by atoms with E-state index < -0.39 is 5.97 Å². The highest BCUT2D eigenvalue weighted by atomic mass is 35.5. The van der Waals surface area contributed by atoms with E-state index in [-0.39, 0.29) is 5.76 Å². The van der Waals surface area contributed by atoms with E-state index in [0.717, 1.165) is 11.3 Å². The highest BCUT2D eigenvalue weighted by Gasteiger charge is 2.09. The van der Waals surface area contributed by atoms with E-state index in [4.69, 9.17) is 21.1 Å². The molecule has 2 N–H and O–H groups in total. The Morgan fingerprint density at radius 2 is 2.17 bits per heavy atom. The van der Waals surface area contributed by atoms with Gasteiger partial charge in [0, 0.05) is 0 Å². The predicted octanol–water partition coefficient (Wildman–Crippen LogP) is 3.55. The molecular weight excluding hydrogens is 254 g/mol. The molecule has 1 aromatic heterocycles. The lowest BCUT2D eigenvalue weighted by atomic mass is 10.2. The largest absolute Gasteiger partial charge is 0.475 e. The molecule has 0 fully saturated rings. The van der Waals surface area contributed by atoms with Crippen molar-refractivity contribution in [2.24, 2.45) is 0 Å². The average molecular weight is 266 g/mol. The maximum Gasteiger partial charge on any atom is 0.371 e. The van der Waals surface area contributed by atoms with Crippen LogP contribution in [0.5, 0.6) is 0 Å². The number of hydrogen-bond donors (Lipinski definition) is 2. The number of hydrogen-bond acceptors (Lipinski definition) is 3. The number of rotatable bonds is 4. The molecule has 2 rings (SSSR count). The fraction of sp³-hybridized carbons (Fsp3) is 0.154. The summed E-state index contributed by atoms with van der Waals surface area (Å²) in [6.07, 6.45) is 0. The van der Waals surface area contributed by atoms with Gasteiger partial charge in [0.2, 0.25) is 5.76 Å². The summed E-state index contributed by atoms with van der Waals surface area (Å²) in [6, 6.07) is 8.67. The van der Waals surface area contributed by atoms with E-state index in [2.05, 4.69) is 5.32 Å². The molecule has 0 bridgehead atoms. The Bertz CT molecular complexity index is 557. The van der Waals surface area contributed by atoms with Gasteiger partial charge < -0.3 is 14.8 Å². The van der Waals surface area contributed by atoms with Gasteiger partial charge in [0.15, 0.2) is 0 Å². The topological polar surface area (TPSA) is 62.5 Å². The fourth-order valence-corrected chi connectivity index (χ4v) is 1.91. The van der Waals surface area contributed by atoms with Gasteiger partial charge in [-0.15, -0.1) is 0 Å². The standard InChI is InChI=1S/C13H12ClNO3/c1-8-3-2-4-10(14)12(8)15-7-9-5-6-11(18-9)13(16)17/h2-6,15H,7H2,1H3,(H,16,17). The Labute approximate surface area is 109 Å². The van der Waals surface area contributed by atoms with Gasteiger partial charge in [-0.2, -0.15) is 0 Å². The summed E-state index contributed by atoms with van der Waals surface area (Å²) in [5.74, 6) is -0.593. The van der Waals surface area contributed by atoms with Gasteiger partial charge in [0.05, 0.1) is 17.3 Å². The van der Waals surface area contributed by atoms with Crippen LogP contribution in [-0.2, 0) is 6.54 Å². The first kappa shape index (κ1) is 12.5. The number of carboxylic acid groups (broad SMARTS) is 1. The molecule has 0 radical (unpaired) electrons. The maximum atomic E-state index is 10.7. The number of anilines is 1. The maximum absolute atomic E-state index is 10.7. The van der Waals surface area contributed by atoms with Crippen molar-refractivity contribution in [2.45, 2.75) is 13.5 Å². The quantitative estimate of drug-likeness (QED) is 0.887. The van der Waals surface area contributed by atoms with Gasteiger partial charge in [-0.1, -0.05) is 23.7 Å². The van der Waals surface area contributed by atoms with Crippen LogP contribution in [-0.4, -0.2) is 11.1 Å². The molecule has 0 amide bonds. The van der Waals surface area contributed by atoms with E-state index in [9.17, 15) is 4.79 Å². The summed E-state index contributed by atoms with van der Waals surface area (Å²) in [4.78, 5) is 10.7. The van der Waals surface area contributed by atoms with Crippen molar-refractivity contribution in [2.75, 3.05) is 5.32 Å². The van der Waals surface area contributed by atoms with Crippen LogP contribution >= 0.6 is 11.6 Å². The molecule has 5 heteroatoms. The SMILES string of the molecule is Cc1cccc(Cl)c1NCc1ccc(C(=O)O)o1. The van der Waals surface area contributed by atoms with Crippen LogP contribution in [0, 0.1) is 6.92 Å². The minimum Gasteiger partial charge on any atom is -0.475 e. The summed E-state index contributed by atoms with van der Waals surface area (Å²) < 4.78 is 5.14. The Hall–Kier alpha value is -1.94. The minimum atomic E-state index is -1.07. The Morgan fingerprint density at radius 3 is 2.78 bits per heavy atom. The van der Waals surface area contributed by atoms with Crippen molar-refractivity contribution in [3.8, 4) is 0 Å². The molecule has 0 aliphatic carbocycles. The van der Waals surface area contributed by atoms with E-state index in [1.165, 1.54) is 6.07 Å². The predicted molar refractivity (Wildman–Crippen MR) is 69.2 cm³/mol. The van der Waals surface area contributed by atoms with Crippen LogP contribution in [0.15, 0.2) is 34.7 Å². The molecule has 0 saturated heterocycles. The zero-order valence-corrected chi connectivity index (χ0v) is 10.5. The molecule has 2 aromatic rings. The Morgan fingerprint density at radius 1 is 1.39 bits per heavy atom. The third-order valence-electron chi connectivity index (χ3n) is 2.53. The average Bonchev–Trinajstić information content (AvgIpc) is 2.77. The molecule has 18 heavy (non-hydrogen) atoms. The van der Waals surface area contributed by atoms with Crippen LogP contribution in [0.4, 0.5) is 5.69 Å². The first-order chi connectivity index (χ1) is 8.58. The van der Waals surface area contributed by atoms with E-state index >= 15 is 0 Å². The molecule has 94 valence electrons. The molecule has 4 nitrogen and oxygen atoms in total. The van der Waals surface area contributed by atoms with E-state index in [0.29, 0.717) is 17.3 Å². The zero-order valence-electron chi connectivity index (χ0n) is 9.74. The molecule has 0 aliphatic rings. The summed E-state index contributed by atoms with van der Waals surface area (Å²) in [7, 11) is 0. The molecule has 0 saturated carbocycles. The van der Waals surface area contributed by atoms with Crippen LogP contribution in [0.25, 0.3) is 0 Å². The number of para-hydroxylation sites is 1. The second-order valence-corrected chi connectivity index (χ2v) is 4.26. The third kappa shape index (κ3) is 2.65. The normalized spacial score (nSPS) is 10.3. The van der Waals surface area contributed by atoms with Gasteiger partial charge in [-0.3, -0.25) is 0 Å². The number of carbonyl (C=O) groups is 1. The second-order valence-electron chi connectivity index (χ2n) is 3.86. The van der Waals surface area contributed by atoms with Gasteiger partial charge in [-0.05, 0) is 30.7 Å². The molecular formula is C13H12ClNO3. The number of aromatic carboxylic acids is 1. The molecule has 0 atom stereocenters. The first-order valence-electron chi connectivity index (χ1n) is 5.39. The lowest BCUT2D eigenvalue weighted by Gasteiger charge is -2.09. The number of carboxylic acids is 1. The first-order valence-corrected chi connectivity index (χ1v) is 5.76. The van der Waals surface area contributed by atoms with Crippen LogP contribution in [0.1, 0.15) is 21.9 Å². The molecule has 0 aliphatic heterocycles. The second kappa shape index (κ2) is 5.14. The number of halogens is 1. The van der Waals surface area contributed by atoms with E-state index in [1.807, 2.05) is 19.1 Å². The van der Waals surface area contributed by atoms with Crippen molar-refractivity contribution in [3.63, 3.8) is 0 Å².